The zero-order chi connectivity index (χ0) is 20.3. The molecule has 1 aliphatic carbocycles. The lowest BCUT2D eigenvalue weighted by Crippen LogP contribution is -2.34. The summed E-state index contributed by atoms with van der Waals surface area (Å²) in [7, 11) is 0. The summed E-state index contributed by atoms with van der Waals surface area (Å²) >= 11 is 5.98. The smallest absolute Gasteiger partial charge is 0.324 e. The fourth-order valence-corrected chi connectivity index (χ4v) is 3.87. The van der Waals surface area contributed by atoms with Crippen LogP contribution in [0.1, 0.15) is 35.7 Å². The Bertz CT molecular complexity index is 858. The van der Waals surface area contributed by atoms with Crippen LogP contribution in [-0.4, -0.2) is 30.9 Å². The first kappa shape index (κ1) is 20.1. The maximum atomic E-state index is 13.2. The molecule has 5 nitrogen and oxygen atoms in total. The van der Waals surface area contributed by atoms with E-state index >= 15 is 0 Å². The first-order valence-corrected chi connectivity index (χ1v) is 9.55. The lowest BCUT2D eigenvalue weighted by Gasteiger charge is -2.15. The van der Waals surface area contributed by atoms with Gasteiger partial charge in [0.15, 0.2) is 11.2 Å². The molecule has 0 bridgehead atoms. The van der Waals surface area contributed by atoms with Crippen LogP contribution in [0.2, 0.25) is 5.02 Å². The number of carbonyl (C=O) groups is 3. The van der Waals surface area contributed by atoms with Crippen molar-refractivity contribution in [3.05, 3.63) is 70.7 Å². The van der Waals surface area contributed by atoms with Gasteiger partial charge in [-0.15, -0.1) is 0 Å². The van der Waals surface area contributed by atoms with Gasteiger partial charge in [0.1, 0.15) is 0 Å². The summed E-state index contributed by atoms with van der Waals surface area (Å²) in [6, 6.07) is 15.4. The van der Waals surface area contributed by atoms with Crippen LogP contribution in [-0.2, 0) is 19.1 Å². The van der Waals surface area contributed by atoms with E-state index < -0.39 is 29.2 Å². The number of carbonyl (C=O) groups excluding carboxylic acids is 3. The van der Waals surface area contributed by atoms with Crippen LogP contribution in [0.15, 0.2) is 54.6 Å². The molecule has 2 aromatic carbocycles. The average molecular weight is 401 g/mol. The summed E-state index contributed by atoms with van der Waals surface area (Å²) in [6.07, 6.45) is 0. The number of hydrogen-bond donors (Lipinski definition) is 0. The van der Waals surface area contributed by atoms with Crippen molar-refractivity contribution in [2.45, 2.75) is 19.8 Å². The minimum Gasteiger partial charge on any atom is -0.465 e. The van der Waals surface area contributed by atoms with E-state index in [1.807, 2.05) is 0 Å². The first-order chi connectivity index (χ1) is 13.5. The van der Waals surface area contributed by atoms with Crippen LogP contribution in [0.3, 0.4) is 0 Å². The second-order valence-electron chi connectivity index (χ2n) is 6.55. The van der Waals surface area contributed by atoms with Crippen molar-refractivity contribution in [1.82, 2.24) is 0 Å². The molecule has 0 heterocycles. The second-order valence-corrected chi connectivity index (χ2v) is 6.98. The summed E-state index contributed by atoms with van der Waals surface area (Å²) in [5, 5.41) is 0.521. The molecule has 2 atom stereocenters. The van der Waals surface area contributed by atoms with E-state index in [0.717, 1.165) is 0 Å². The Morgan fingerprint density at radius 2 is 1.43 bits per heavy atom. The number of esters is 2. The van der Waals surface area contributed by atoms with E-state index in [2.05, 4.69) is 0 Å². The summed E-state index contributed by atoms with van der Waals surface area (Å²) in [5.41, 5.74) is -0.589. The predicted molar refractivity (Wildman–Crippen MR) is 104 cm³/mol. The van der Waals surface area contributed by atoms with Crippen molar-refractivity contribution in [3.63, 3.8) is 0 Å². The van der Waals surface area contributed by atoms with Crippen molar-refractivity contribution in [3.8, 4) is 0 Å². The monoisotopic (exact) mass is 400 g/mol. The molecule has 6 heteroatoms. The molecule has 0 N–H and O–H groups in total. The van der Waals surface area contributed by atoms with E-state index in [9.17, 15) is 14.4 Å². The van der Waals surface area contributed by atoms with E-state index in [1.54, 1.807) is 68.4 Å². The number of ketones is 1. The van der Waals surface area contributed by atoms with Gasteiger partial charge in [0.05, 0.1) is 19.1 Å². The van der Waals surface area contributed by atoms with Gasteiger partial charge in [-0.3, -0.25) is 14.4 Å². The summed E-state index contributed by atoms with van der Waals surface area (Å²) in [4.78, 5) is 39.1. The van der Waals surface area contributed by atoms with Crippen LogP contribution in [0, 0.1) is 11.3 Å². The molecule has 0 unspecified atom stereocenters. The van der Waals surface area contributed by atoms with Crippen molar-refractivity contribution in [2.24, 2.45) is 11.3 Å². The van der Waals surface area contributed by atoms with Crippen LogP contribution < -0.4 is 0 Å². The van der Waals surface area contributed by atoms with Crippen LogP contribution in [0.4, 0.5) is 0 Å². The Labute approximate surface area is 168 Å². The standard InChI is InChI=1S/C22H21ClO5/c1-3-27-20(25)22(21(26)28-4-2)17(14-10-12-16(23)13-11-14)18(22)19(24)15-8-6-5-7-9-15/h5-13,17-18H,3-4H2,1-2H3/t17-,18-/m0/s1. The number of Topliss-reactive ketones (excluding diaryl/α,β-unsaturated/α-hetero) is 1. The van der Waals surface area contributed by atoms with Gasteiger partial charge < -0.3 is 9.47 Å². The van der Waals surface area contributed by atoms with Gasteiger partial charge in [0.25, 0.3) is 0 Å². The molecule has 0 spiro atoms. The molecule has 0 saturated heterocycles. The maximum Gasteiger partial charge on any atom is 0.324 e. The van der Waals surface area contributed by atoms with Crippen LogP contribution in [0.25, 0.3) is 0 Å². The number of benzene rings is 2. The highest BCUT2D eigenvalue weighted by atomic mass is 35.5. The predicted octanol–water partition coefficient (Wildman–Crippen LogP) is 4.05. The Morgan fingerprint density at radius 1 is 0.893 bits per heavy atom. The quantitative estimate of drug-likeness (QED) is 0.398. The topological polar surface area (TPSA) is 69.7 Å². The van der Waals surface area contributed by atoms with E-state index in [1.165, 1.54) is 0 Å². The molecule has 0 aromatic heterocycles. The van der Waals surface area contributed by atoms with Gasteiger partial charge in [0.2, 0.25) is 0 Å². The van der Waals surface area contributed by atoms with Gasteiger partial charge in [-0.05, 0) is 31.5 Å². The third kappa shape index (κ3) is 3.31. The lowest BCUT2D eigenvalue weighted by molar-refractivity contribution is -0.165. The molecule has 0 aliphatic heterocycles. The summed E-state index contributed by atoms with van der Waals surface area (Å²) in [5.74, 6) is -3.32. The van der Waals surface area contributed by atoms with E-state index in [0.29, 0.717) is 16.1 Å². The van der Waals surface area contributed by atoms with Crippen molar-refractivity contribution >= 4 is 29.3 Å². The van der Waals surface area contributed by atoms with Gasteiger partial charge in [-0.2, -0.15) is 0 Å². The number of halogens is 1. The van der Waals surface area contributed by atoms with Gasteiger partial charge in [-0.25, -0.2) is 0 Å². The highest BCUT2D eigenvalue weighted by molar-refractivity contribution is 6.30. The second kappa shape index (κ2) is 8.15. The molecular weight excluding hydrogens is 380 g/mol. The third-order valence-electron chi connectivity index (χ3n) is 5.00. The number of ether oxygens (including phenoxy) is 2. The lowest BCUT2D eigenvalue weighted by atomic mass is 9.97. The van der Waals surface area contributed by atoms with Gasteiger partial charge >= 0.3 is 11.9 Å². The fourth-order valence-electron chi connectivity index (χ4n) is 3.75. The molecule has 1 aliphatic rings. The third-order valence-corrected chi connectivity index (χ3v) is 5.25. The number of hydrogen-bond acceptors (Lipinski definition) is 5. The molecule has 146 valence electrons. The molecule has 1 fully saturated rings. The Kier molecular flexibility index (Phi) is 5.84. The van der Waals surface area contributed by atoms with Crippen LogP contribution >= 0.6 is 11.6 Å². The normalized spacial score (nSPS) is 19.5. The van der Waals surface area contributed by atoms with Gasteiger partial charge in [-0.1, -0.05) is 54.1 Å². The largest absolute Gasteiger partial charge is 0.465 e. The Balaban J connectivity index is 2.11. The number of rotatable bonds is 7. The zero-order valence-corrected chi connectivity index (χ0v) is 16.4. The molecule has 3 rings (SSSR count). The van der Waals surface area contributed by atoms with Crippen molar-refractivity contribution in [2.75, 3.05) is 13.2 Å². The zero-order valence-electron chi connectivity index (χ0n) is 15.7. The van der Waals surface area contributed by atoms with E-state index in [4.69, 9.17) is 21.1 Å². The Morgan fingerprint density at radius 3 is 1.93 bits per heavy atom. The highest BCUT2D eigenvalue weighted by Crippen LogP contribution is 2.67. The molecular formula is C22H21ClO5. The Hall–Kier alpha value is -2.66. The van der Waals surface area contributed by atoms with Crippen molar-refractivity contribution in [1.29, 1.82) is 0 Å². The fraction of sp³-hybridized carbons (Fsp3) is 0.318. The average Bonchev–Trinajstić information content (AvgIpc) is 3.40. The van der Waals surface area contributed by atoms with E-state index in [-0.39, 0.29) is 19.0 Å². The SMILES string of the molecule is CCOC(=O)C1(C(=O)OCC)[C@H](C(=O)c2ccccc2)[C@@H]1c1ccc(Cl)cc1. The summed E-state index contributed by atoms with van der Waals surface area (Å²) < 4.78 is 10.4. The molecule has 2 aromatic rings. The maximum absolute atomic E-state index is 13.2. The first-order valence-electron chi connectivity index (χ1n) is 9.17. The van der Waals surface area contributed by atoms with Gasteiger partial charge in [0, 0.05) is 16.5 Å². The minimum absolute atomic E-state index is 0.0968. The molecule has 28 heavy (non-hydrogen) atoms. The highest BCUT2D eigenvalue weighted by Gasteiger charge is 2.79. The molecule has 0 amide bonds. The molecule has 1 saturated carbocycles. The molecule has 0 radical (unpaired) electrons. The summed E-state index contributed by atoms with van der Waals surface area (Å²) in [6.45, 7) is 3.51. The van der Waals surface area contributed by atoms with Crippen molar-refractivity contribution < 1.29 is 23.9 Å². The minimum atomic E-state index is -1.69. The van der Waals surface area contributed by atoms with Crippen LogP contribution in [0.5, 0.6) is 0 Å².